The lowest BCUT2D eigenvalue weighted by Crippen LogP contribution is -2.15. The topological polar surface area (TPSA) is 0 Å². The Kier molecular flexibility index (Phi) is 1.29. The highest BCUT2D eigenvalue weighted by atomic mass is 14.3. The fourth-order valence-electron chi connectivity index (χ4n) is 2.47. The zero-order chi connectivity index (χ0) is 8.84. The molecule has 2 unspecified atom stereocenters. The summed E-state index contributed by atoms with van der Waals surface area (Å²) in [5.41, 5.74) is 4.52. The van der Waals surface area contributed by atoms with E-state index in [1.807, 2.05) is 0 Å². The molecule has 64 valence electrons. The van der Waals surface area contributed by atoms with Gasteiger partial charge in [0.05, 0.1) is 0 Å². The molecular weight excluding hydrogens is 156 g/mol. The fourth-order valence-corrected chi connectivity index (χ4v) is 2.47. The molecule has 0 N–H and O–H groups in total. The quantitative estimate of drug-likeness (QED) is 0.521. The minimum absolute atomic E-state index is 0.543. The van der Waals surface area contributed by atoms with Gasteiger partial charge in [-0.25, -0.2) is 0 Å². The predicted molar refractivity (Wildman–Crippen MR) is 54.8 cm³/mol. The van der Waals surface area contributed by atoms with Gasteiger partial charge < -0.3 is 0 Å². The zero-order valence-electron chi connectivity index (χ0n) is 7.70. The molecule has 0 nitrogen and oxygen atoms in total. The van der Waals surface area contributed by atoms with Gasteiger partial charge in [-0.05, 0) is 18.1 Å². The molecule has 0 heterocycles. The van der Waals surface area contributed by atoms with Gasteiger partial charge in [0.2, 0.25) is 0 Å². The van der Waals surface area contributed by atoms with E-state index >= 15 is 0 Å². The first-order valence-electron chi connectivity index (χ1n) is 4.82. The summed E-state index contributed by atoms with van der Waals surface area (Å²) in [6.45, 7) is 2.23. The largest absolute Gasteiger partial charge is 0.0763 e. The van der Waals surface area contributed by atoms with Crippen LogP contribution in [0.4, 0.5) is 0 Å². The first-order valence-corrected chi connectivity index (χ1v) is 4.82. The number of allylic oxidation sites excluding steroid dienone is 4. The third kappa shape index (κ3) is 0.859. The summed E-state index contributed by atoms with van der Waals surface area (Å²) >= 11 is 0. The van der Waals surface area contributed by atoms with Gasteiger partial charge in [0.25, 0.3) is 0 Å². The molecule has 4 rings (SSSR count). The first-order chi connectivity index (χ1) is 6.36. The molecular formula is C13H12. The van der Waals surface area contributed by atoms with E-state index in [2.05, 4.69) is 49.4 Å². The monoisotopic (exact) mass is 168 g/mol. The maximum Gasteiger partial charge on any atom is 0.0229 e. The molecule has 13 heavy (non-hydrogen) atoms. The lowest BCUT2D eigenvalue weighted by molar-refractivity contribution is 0.827. The summed E-state index contributed by atoms with van der Waals surface area (Å²) in [5, 5.41) is 0. The Labute approximate surface area is 78.6 Å². The Morgan fingerprint density at radius 1 is 1.00 bits per heavy atom. The van der Waals surface area contributed by atoms with E-state index in [1.54, 1.807) is 0 Å². The van der Waals surface area contributed by atoms with Gasteiger partial charge in [-0.15, -0.1) is 0 Å². The van der Waals surface area contributed by atoms with Crippen LogP contribution in [0.3, 0.4) is 0 Å². The molecule has 0 aliphatic heterocycles. The van der Waals surface area contributed by atoms with Crippen molar-refractivity contribution < 1.29 is 0 Å². The maximum atomic E-state index is 2.38. The Hall–Kier alpha value is -1.30. The third-order valence-corrected chi connectivity index (χ3v) is 3.13. The van der Waals surface area contributed by atoms with Crippen LogP contribution >= 0.6 is 0 Å². The average Bonchev–Trinajstić information content (AvgIpc) is 2.19. The normalized spacial score (nSPS) is 28.5. The van der Waals surface area contributed by atoms with E-state index in [0.717, 1.165) is 0 Å². The van der Waals surface area contributed by atoms with Gasteiger partial charge >= 0.3 is 0 Å². The molecule has 2 atom stereocenters. The molecule has 3 aliphatic rings. The van der Waals surface area contributed by atoms with Crippen molar-refractivity contribution in [1.82, 2.24) is 0 Å². The number of hydrogen-bond donors (Lipinski definition) is 0. The predicted octanol–water partition coefficient (Wildman–Crippen LogP) is 3.38. The highest BCUT2D eigenvalue weighted by Gasteiger charge is 2.26. The van der Waals surface area contributed by atoms with Crippen molar-refractivity contribution in [2.24, 2.45) is 0 Å². The van der Waals surface area contributed by atoms with Crippen LogP contribution in [0.25, 0.3) is 0 Å². The van der Waals surface area contributed by atoms with Crippen LogP contribution in [0.5, 0.6) is 0 Å². The van der Waals surface area contributed by atoms with Crippen molar-refractivity contribution in [3.63, 3.8) is 0 Å². The number of hydrogen-bond acceptors (Lipinski definition) is 0. The van der Waals surface area contributed by atoms with E-state index in [9.17, 15) is 0 Å². The van der Waals surface area contributed by atoms with E-state index in [4.69, 9.17) is 0 Å². The second-order valence-corrected chi connectivity index (χ2v) is 3.93. The van der Waals surface area contributed by atoms with Crippen LogP contribution in [0.1, 0.15) is 29.9 Å². The van der Waals surface area contributed by atoms with E-state index in [-0.39, 0.29) is 0 Å². The van der Waals surface area contributed by atoms with Crippen LogP contribution in [0, 0.1) is 0 Å². The highest BCUT2D eigenvalue weighted by molar-refractivity contribution is 5.52. The summed E-state index contributed by atoms with van der Waals surface area (Å²) < 4.78 is 0. The Morgan fingerprint density at radius 2 is 1.77 bits per heavy atom. The summed E-state index contributed by atoms with van der Waals surface area (Å²) in [6, 6.07) is 8.78. The Bertz CT molecular complexity index is 410. The highest BCUT2D eigenvalue weighted by Crippen LogP contribution is 2.43. The molecule has 0 saturated carbocycles. The van der Waals surface area contributed by atoms with Gasteiger partial charge in [0.15, 0.2) is 0 Å². The second kappa shape index (κ2) is 2.35. The molecule has 0 saturated heterocycles. The molecule has 1 aromatic carbocycles. The molecule has 1 aromatic rings. The number of benzene rings is 1. The summed E-state index contributed by atoms with van der Waals surface area (Å²) in [6.07, 6.45) is 7.04. The minimum atomic E-state index is 0.543. The third-order valence-electron chi connectivity index (χ3n) is 3.13. The van der Waals surface area contributed by atoms with Crippen molar-refractivity contribution >= 4 is 0 Å². The van der Waals surface area contributed by atoms with Crippen LogP contribution in [0.2, 0.25) is 0 Å². The molecule has 2 bridgehead atoms. The van der Waals surface area contributed by atoms with Crippen LogP contribution in [0.15, 0.2) is 48.1 Å². The molecule has 0 fully saturated rings. The van der Waals surface area contributed by atoms with E-state index < -0.39 is 0 Å². The summed E-state index contributed by atoms with van der Waals surface area (Å²) in [5.74, 6) is 1.10. The SMILES string of the molecule is CC1=CC2C=CC1c1ccccc12. The summed E-state index contributed by atoms with van der Waals surface area (Å²) in [7, 11) is 0. The second-order valence-electron chi connectivity index (χ2n) is 3.93. The van der Waals surface area contributed by atoms with Crippen molar-refractivity contribution in [3.8, 4) is 0 Å². The van der Waals surface area contributed by atoms with Gasteiger partial charge in [-0.2, -0.15) is 0 Å². The average molecular weight is 168 g/mol. The standard InChI is InChI=1S/C13H12/c1-9-8-10-6-7-11(9)13-5-3-2-4-12(10)13/h2-8,10-11H,1H3. The molecule has 0 amide bonds. The minimum Gasteiger partial charge on any atom is -0.0763 e. The van der Waals surface area contributed by atoms with Gasteiger partial charge in [-0.1, -0.05) is 48.1 Å². The lowest BCUT2D eigenvalue weighted by atomic mass is 9.73. The van der Waals surface area contributed by atoms with Crippen molar-refractivity contribution in [2.75, 3.05) is 0 Å². The van der Waals surface area contributed by atoms with Crippen LogP contribution in [-0.4, -0.2) is 0 Å². The molecule has 0 radical (unpaired) electrons. The molecule has 3 aliphatic carbocycles. The van der Waals surface area contributed by atoms with E-state index in [1.165, 1.54) is 16.7 Å². The van der Waals surface area contributed by atoms with Gasteiger partial charge in [-0.3, -0.25) is 0 Å². The smallest absolute Gasteiger partial charge is 0.0229 e. The lowest BCUT2D eigenvalue weighted by Gasteiger charge is -2.31. The van der Waals surface area contributed by atoms with Crippen molar-refractivity contribution in [1.29, 1.82) is 0 Å². The van der Waals surface area contributed by atoms with Crippen molar-refractivity contribution in [2.45, 2.75) is 18.8 Å². The van der Waals surface area contributed by atoms with Gasteiger partial charge in [0, 0.05) is 11.8 Å². The molecule has 0 heteroatoms. The maximum absolute atomic E-state index is 2.38. The van der Waals surface area contributed by atoms with E-state index in [0.29, 0.717) is 11.8 Å². The zero-order valence-corrected chi connectivity index (χ0v) is 7.70. The molecule has 0 spiro atoms. The fraction of sp³-hybridized carbons (Fsp3) is 0.231. The Morgan fingerprint density at radius 3 is 2.54 bits per heavy atom. The van der Waals surface area contributed by atoms with Gasteiger partial charge in [0.1, 0.15) is 0 Å². The Balaban J connectivity index is 2.26. The van der Waals surface area contributed by atoms with Crippen LogP contribution < -0.4 is 0 Å². The number of rotatable bonds is 0. The first kappa shape index (κ1) is 7.14. The van der Waals surface area contributed by atoms with Crippen LogP contribution in [-0.2, 0) is 0 Å². The van der Waals surface area contributed by atoms with Crippen molar-refractivity contribution in [3.05, 3.63) is 59.2 Å². The summed E-state index contributed by atoms with van der Waals surface area (Å²) in [4.78, 5) is 0. The molecule has 0 aromatic heterocycles.